The predicted octanol–water partition coefficient (Wildman–Crippen LogP) is 4.69. The van der Waals surface area contributed by atoms with Gasteiger partial charge in [-0.15, -0.1) is 0 Å². The van der Waals surface area contributed by atoms with E-state index in [-0.39, 0.29) is 66.9 Å². The number of anilines is 3. The van der Waals surface area contributed by atoms with E-state index in [1.807, 2.05) is 19.9 Å². The zero-order chi connectivity index (χ0) is 41.7. The van der Waals surface area contributed by atoms with Crippen molar-refractivity contribution < 1.29 is 42.6 Å². The number of aryl methyl sites for hydroxylation is 4. The molecule has 304 valence electrons. The number of nitrogens with zero attached hydrogens (tertiary/aromatic N) is 6. The molecule has 2 aromatic carbocycles. The number of benzene rings is 2. The number of rotatable bonds is 17. The summed E-state index contributed by atoms with van der Waals surface area (Å²) in [6.07, 6.45) is 4.84. The second kappa shape index (κ2) is 17.4. The summed E-state index contributed by atoms with van der Waals surface area (Å²) in [5, 5.41) is 17.9. The molecule has 19 nitrogen and oxygen atoms in total. The van der Waals surface area contributed by atoms with Crippen LogP contribution >= 0.6 is 0 Å². The molecule has 0 unspecified atom stereocenters. The summed E-state index contributed by atoms with van der Waals surface area (Å²) in [4.78, 5) is 69.4. The number of hydrogen-bond donors (Lipinski definition) is 5. The number of oxazole rings is 2. The molecule has 6 rings (SSSR count). The number of fused-ring (bicyclic) bond motifs is 2. The number of carbonyl (C=O) groups excluding carboxylic acids is 4. The third-order valence-electron chi connectivity index (χ3n) is 8.88. The number of amides is 4. The van der Waals surface area contributed by atoms with Gasteiger partial charge >= 0.3 is 0 Å². The van der Waals surface area contributed by atoms with Gasteiger partial charge in [-0.05, 0) is 31.0 Å². The molecule has 0 saturated carbocycles. The molecule has 6 aromatic rings. The molecule has 0 saturated heterocycles. The summed E-state index contributed by atoms with van der Waals surface area (Å²) in [6, 6.07) is 6.29. The first kappa shape index (κ1) is 40.6. The molecular formula is C39H44N10O9. The van der Waals surface area contributed by atoms with Crippen molar-refractivity contribution in [3.63, 3.8) is 0 Å². The van der Waals surface area contributed by atoms with Crippen LogP contribution in [0.2, 0.25) is 0 Å². The fraction of sp³-hybridized carbons (Fsp3) is 0.333. The fourth-order valence-electron chi connectivity index (χ4n) is 6.39. The molecule has 4 aromatic heterocycles. The fourth-order valence-corrected chi connectivity index (χ4v) is 6.39. The molecule has 0 spiro atoms. The number of allylic oxidation sites excluding steroid dienone is 2. The SMILES string of the molecule is CCc1nc(C)oc1C(=O)Nc1nc2cc(NC(C)=O)cc(OC)c2n1C/C=C/Cn1c(NC(=O)c2oc(C)nc2CC)nc2cc(C(N)=O)cc(OCCCO)c21. The lowest BCUT2D eigenvalue weighted by Gasteiger charge is -2.13. The highest BCUT2D eigenvalue weighted by Gasteiger charge is 2.25. The van der Waals surface area contributed by atoms with E-state index in [0.717, 1.165) is 0 Å². The Morgan fingerprint density at radius 2 is 1.33 bits per heavy atom. The maximum absolute atomic E-state index is 13.6. The van der Waals surface area contributed by atoms with Crippen molar-refractivity contribution in [3.8, 4) is 11.5 Å². The van der Waals surface area contributed by atoms with Gasteiger partial charge in [0.1, 0.15) is 22.5 Å². The quantitative estimate of drug-likeness (QED) is 0.0621. The van der Waals surface area contributed by atoms with Gasteiger partial charge < -0.3 is 43.6 Å². The van der Waals surface area contributed by atoms with Gasteiger partial charge in [-0.3, -0.25) is 29.8 Å². The Labute approximate surface area is 331 Å². The van der Waals surface area contributed by atoms with Crippen LogP contribution in [0.25, 0.3) is 22.1 Å². The van der Waals surface area contributed by atoms with Gasteiger partial charge in [-0.1, -0.05) is 26.0 Å². The van der Waals surface area contributed by atoms with Crippen LogP contribution in [0, 0.1) is 13.8 Å². The van der Waals surface area contributed by atoms with Crippen LogP contribution in [0.3, 0.4) is 0 Å². The number of nitrogens with two attached hydrogens (primary N) is 1. The van der Waals surface area contributed by atoms with E-state index in [2.05, 4.69) is 30.9 Å². The minimum Gasteiger partial charge on any atom is -0.494 e. The van der Waals surface area contributed by atoms with Gasteiger partial charge in [-0.2, -0.15) is 0 Å². The number of primary amides is 1. The average Bonchev–Trinajstić information content (AvgIpc) is 3.95. The number of ether oxygens (including phenoxy) is 2. The topological polar surface area (TPSA) is 257 Å². The van der Waals surface area contributed by atoms with Crippen LogP contribution in [0.1, 0.15) is 81.8 Å². The normalized spacial score (nSPS) is 11.4. The van der Waals surface area contributed by atoms with Crippen molar-refractivity contribution in [1.29, 1.82) is 0 Å². The zero-order valence-electron chi connectivity index (χ0n) is 32.9. The lowest BCUT2D eigenvalue weighted by molar-refractivity contribution is -0.114. The van der Waals surface area contributed by atoms with Crippen LogP contribution < -0.4 is 31.2 Å². The number of methoxy groups -OCH3 is 1. The number of aliphatic hydroxyl groups is 1. The lowest BCUT2D eigenvalue weighted by Crippen LogP contribution is -2.17. The maximum atomic E-state index is 13.6. The van der Waals surface area contributed by atoms with Gasteiger partial charge in [0, 0.05) is 64.2 Å². The number of aromatic nitrogens is 6. The Morgan fingerprint density at radius 3 is 1.81 bits per heavy atom. The number of aliphatic hydroxyl groups excluding tert-OH is 1. The second-order valence-electron chi connectivity index (χ2n) is 13.1. The van der Waals surface area contributed by atoms with E-state index in [0.29, 0.717) is 75.9 Å². The van der Waals surface area contributed by atoms with E-state index in [4.69, 9.17) is 29.0 Å². The second-order valence-corrected chi connectivity index (χ2v) is 13.1. The van der Waals surface area contributed by atoms with Crippen LogP contribution in [-0.4, -0.2) is 78.1 Å². The van der Waals surface area contributed by atoms with Gasteiger partial charge in [0.15, 0.2) is 11.8 Å². The van der Waals surface area contributed by atoms with E-state index < -0.39 is 17.7 Å². The molecule has 6 N–H and O–H groups in total. The van der Waals surface area contributed by atoms with Gasteiger partial charge in [0.25, 0.3) is 11.8 Å². The van der Waals surface area contributed by atoms with Crippen molar-refractivity contribution in [2.24, 2.45) is 5.73 Å². The maximum Gasteiger partial charge on any atom is 0.295 e. The molecular weight excluding hydrogens is 752 g/mol. The zero-order valence-corrected chi connectivity index (χ0v) is 32.9. The molecule has 4 heterocycles. The third kappa shape index (κ3) is 8.53. The minimum absolute atomic E-state index is 0.0371. The summed E-state index contributed by atoms with van der Waals surface area (Å²) < 4.78 is 26.4. The summed E-state index contributed by atoms with van der Waals surface area (Å²) in [5.74, 6) is -0.466. The molecule has 58 heavy (non-hydrogen) atoms. The van der Waals surface area contributed by atoms with Crippen molar-refractivity contribution >= 4 is 63.3 Å². The molecule has 0 atom stereocenters. The van der Waals surface area contributed by atoms with Gasteiger partial charge in [0.2, 0.25) is 35.2 Å². The molecule has 0 bridgehead atoms. The van der Waals surface area contributed by atoms with Crippen molar-refractivity contribution in [3.05, 3.63) is 76.7 Å². The predicted molar refractivity (Wildman–Crippen MR) is 212 cm³/mol. The summed E-state index contributed by atoms with van der Waals surface area (Å²) >= 11 is 0. The Balaban J connectivity index is 1.41. The van der Waals surface area contributed by atoms with Crippen LogP contribution in [0.4, 0.5) is 17.6 Å². The van der Waals surface area contributed by atoms with Gasteiger partial charge in [0.05, 0.1) is 36.1 Å². The molecule has 0 fully saturated rings. The molecule has 0 aliphatic rings. The Morgan fingerprint density at radius 1 is 0.793 bits per heavy atom. The van der Waals surface area contributed by atoms with Crippen molar-refractivity contribution in [2.75, 3.05) is 36.3 Å². The highest BCUT2D eigenvalue weighted by molar-refractivity contribution is 6.05. The average molecular weight is 797 g/mol. The highest BCUT2D eigenvalue weighted by atomic mass is 16.5. The lowest BCUT2D eigenvalue weighted by atomic mass is 10.1. The number of hydrogen-bond acceptors (Lipinski definition) is 13. The summed E-state index contributed by atoms with van der Waals surface area (Å²) in [6.45, 7) is 8.66. The number of carbonyl (C=O) groups is 4. The van der Waals surface area contributed by atoms with Crippen LogP contribution in [0.5, 0.6) is 11.5 Å². The minimum atomic E-state index is -0.710. The number of imidazole rings is 2. The molecule has 4 amide bonds. The molecule has 0 aliphatic heterocycles. The van der Waals surface area contributed by atoms with Crippen molar-refractivity contribution in [2.45, 2.75) is 67.0 Å². The number of nitrogens with one attached hydrogen (secondary N) is 3. The Bertz CT molecular complexity index is 2560. The Hall–Kier alpha value is -7.02. The summed E-state index contributed by atoms with van der Waals surface area (Å²) in [5.41, 5.74) is 8.88. The first-order chi connectivity index (χ1) is 27.8. The van der Waals surface area contributed by atoms with Gasteiger partial charge in [-0.25, -0.2) is 19.9 Å². The van der Waals surface area contributed by atoms with Crippen molar-refractivity contribution in [1.82, 2.24) is 29.1 Å². The first-order valence-corrected chi connectivity index (χ1v) is 18.5. The van der Waals surface area contributed by atoms with E-state index >= 15 is 0 Å². The third-order valence-corrected chi connectivity index (χ3v) is 8.88. The van der Waals surface area contributed by atoms with Crippen LogP contribution in [0.15, 0.2) is 45.3 Å². The summed E-state index contributed by atoms with van der Waals surface area (Å²) in [7, 11) is 1.48. The molecule has 19 heteroatoms. The monoisotopic (exact) mass is 796 g/mol. The highest BCUT2D eigenvalue weighted by Crippen LogP contribution is 2.34. The molecule has 0 radical (unpaired) electrons. The molecule has 0 aliphatic carbocycles. The largest absolute Gasteiger partial charge is 0.494 e. The first-order valence-electron chi connectivity index (χ1n) is 18.5. The Kier molecular flexibility index (Phi) is 12.2. The van der Waals surface area contributed by atoms with Crippen LogP contribution in [-0.2, 0) is 30.7 Å². The standard InChI is InChI=1S/C39H44N10O9/c1-7-25-33(57-21(4)42-25)36(53)46-38-44-27-16-23(35(40)52)17-30(56-15-11-14-50)32(27)49(38)13-10-9-12-48-31-28(18-24(41-20(3)51)19-29(31)55-6)45-39(48)47-37(54)34-26(8-2)43-22(5)58-34/h9-10,16-19,50H,7-8,11-15H2,1-6H3,(H2,40,52)(H,41,51)(H,44,46,53)(H,45,47,54)/b10-9+. The van der Waals surface area contributed by atoms with E-state index in [9.17, 15) is 24.3 Å². The smallest absolute Gasteiger partial charge is 0.295 e. The van der Waals surface area contributed by atoms with E-state index in [1.54, 1.807) is 41.2 Å². The van der Waals surface area contributed by atoms with E-state index in [1.165, 1.54) is 26.2 Å².